The minimum atomic E-state index is -1.02. The van der Waals surface area contributed by atoms with Crippen molar-refractivity contribution in [3.8, 4) is 5.69 Å². The van der Waals surface area contributed by atoms with Crippen molar-refractivity contribution < 1.29 is 14.7 Å². The second-order valence-electron chi connectivity index (χ2n) is 3.81. The van der Waals surface area contributed by atoms with Gasteiger partial charge in [0.05, 0.1) is 10.7 Å². The number of carboxylic acids is 1. The number of carbonyl (C=O) groups excluding carboxylic acids is 1. The van der Waals surface area contributed by atoms with Gasteiger partial charge in [-0.15, -0.1) is 27.8 Å². The van der Waals surface area contributed by atoms with Crippen LogP contribution in [0.25, 0.3) is 5.69 Å². The summed E-state index contributed by atoms with van der Waals surface area (Å²) in [7, 11) is 0. The number of amides is 1. The summed E-state index contributed by atoms with van der Waals surface area (Å²) in [4.78, 5) is 23.7. The van der Waals surface area contributed by atoms with E-state index < -0.39 is 5.97 Å². The van der Waals surface area contributed by atoms with Crippen molar-refractivity contribution in [3.05, 3.63) is 39.7 Å². The summed E-state index contributed by atoms with van der Waals surface area (Å²) < 4.78 is 1.39. The van der Waals surface area contributed by atoms with E-state index in [0.29, 0.717) is 15.6 Å². The van der Waals surface area contributed by atoms with Gasteiger partial charge in [-0.3, -0.25) is 4.79 Å². The van der Waals surface area contributed by atoms with Gasteiger partial charge in [-0.2, -0.15) is 4.68 Å². The van der Waals surface area contributed by atoms with Gasteiger partial charge in [0.2, 0.25) is 0 Å². The number of anilines is 1. The average Bonchev–Trinajstić information content (AvgIpc) is 3.19. The van der Waals surface area contributed by atoms with E-state index in [4.69, 9.17) is 5.11 Å². The van der Waals surface area contributed by atoms with Gasteiger partial charge in [-0.25, -0.2) is 4.79 Å². The lowest BCUT2D eigenvalue weighted by atomic mass is 10.3. The Balaban J connectivity index is 1.83. The first-order chi connectivity index (χ1) is 10.1. The summed E-state index contributed by atoms with van der Waals surface area (Å²) in [6.07, 6.45) is 1.40. The Hall–Kier alpha value is -2.59. The molecule has 0 aromatic carbocycles. The first kappa shape index (κ1) is 13.4. The third-order valence-electron chi connectivity index (χ3n) is 2.50. The maximum Gasteiger partial charge on any atom is 0.345 e. The quantitative estimate of drug-likeness (QED) is 0.757. The number of hydrogen-bond acceptors (Lipinski definition) is 7. The highest BCUT2D eigenvalue weighted by atomic mass is 32.1. The Labute approximate surface area is 125 Å². The third-order valence-corrected chi connectivity index (χ3v) is 4.39. The molecular formula is C11H7N5O3S2. The number of aromatic carboxylic acids is 1. The van der Waals surface area contributed by atoms with E-state index in [0.717, 1.165) is 11.3 Å². The molecule has 3 rings (SSSR count). The highest BCUT2D eigenvalue weighted by Crippen LogP contribution is 2.25. The van der Waals surface area contributed by atoms with Crippen LogP contribution in [-0.2, 0) is 0 Å². The van der Waals surface area contributed by atoms with Crippen LogP contribution in [-0.4, -0.2) is 37.2 Å². The fourth-order valence-electron chi connectivity index (χ4n) is 1.61. The van der Waals surface area contributed by atoms with Gasteiger partial charge in [-0.05, 0) is 34.0 Å². The van der Waals surface area contributed by atoms with Crippen molar-refractivity contribution in [2.45, 2.75) is 0 Å². The largest absolute Gasteiger partial charge is 0.477 e. The van der Waals surface area contributed by atoms with Crippen molar-refractivity contribution in [3.63, 3.8) is 0 Å². The molecule has 8 nitrogen and oxygen atoms in total. The lowest BCUT2D eigenvalue weighted by Crippen LogP contribution is -2.12. The second kappa shape index (κ2) is 5.42. The molecule has 21 heavy (non-hydrogen) atoms. The molecule has 0 aliphatic heterocycles. The fraction of sp³-hybridized carbons (Fsp3) is 0. The van der Waals surface area contributed by atoms with Crippen molar-refractivity contribution >= 4 is 39.6 Å². The summed E-state index contributed by atoms with van der Waals surface area (Å²) in [5, 5.41) is 24.5. The summed E-state index contributed by atoms with van der Waals surface area (Å²) >= 11 is 2.24. The number of thiophene rings is 2. The molecule has 0 spiro atoms. The fourth-order valence-corrected chi connectivity index (χ4v) is 3.13. The van der Waals surface area contributed by atoms with E-state index in [1.165, 1.54) is 28.4 Å². The van der Waals surface area contributed by atoms with Crippen LogP contribution >= 0.6 is 22.7 Å². The predicted octanol–water partition coefficient (Wildman–Crippen LogP) is 1.74. The highest BCUT2D eigenvalue weighted by Gasteiger charge is 2.17. The molecule has 0 saturated carbocycles. The van der Waals surface area contributed by atoms with Crippen LogP contribution in [0.5, 0.6) is 0 Å². The maximum atomic E-state index is 12.2. The monoisotopic (exact) mass is 321 g/mol. The number of tetrazole rings is 1. The van der Waals surface area contributed by atoms with Crippen molar-refractivity contribution in [2.75, 3.05) is 5.32 Å². The number of carboxylic acid groups (broad SMARTS) is 1. The van der Waals surface area contributed by atoms with Gasteiger partial charge in [0, 0.05) is 0 Å². The van der Waals surface area contributed by atoms with E-state index in [1.54, 1.807) is 17.5 Å². The van der Waals surface area contributed by atoms with Crippen LogP contribution in [0, 0.1) is 0 Å². The molecule has 3 aromatic rings. The topological polar surface area (TPSA) is 110 Å². The summed E-state index contributed by atoms with van der Waals surface area (Å²) in [6, 6.07) is 4.72. The van der Waals surface area contributed by atoms with Gasteiger partial charge in [-0.1, -0.05) is 0 Å². The number of nitrogens with one attached hydrogen (secondary N) is 1. The molecule has 0 atom stereocenters. The number of nitrogens with zero attached hydrogens (tertiary/aromatic N) is 4. The molecule has 2 N–H and O–H groups in total. The van der Waals surface area contributed by atoms with Crippen LogP contribution in [0.4, 0.5) is 5.00 Å². The number of aromatic nitrogens is 4. The molecule has 3 aromatic heterocycles. The van der Waals surface area contributed by atoms with Crippen molar-refractivity contribution in [1.82, 2.24) is 20.2 Å². The number of carbonyl (C=O) groups is 2. The van der Waals surface area contributed by atoms with E-state index in [1.807, 2.05) is 0 Å². The van der Waals surface area contributed by atoms with Gasteiger partial charge in [0.25, 0.3) is 5.91 Å². The minimum Gasteiger partial charge on any atom is -0.477 e. The molecule has 0 aliphatic carbocycles. The molecule has 1 amide bonds. The van der Waals surface area contributed by atoms with Crippen LogP contribution in [0.1, 0.15) is 19.3 Å². The zero-order valence-electron chi connectivity index (χ0n) is 10.3. The minimum absolute atomic E-state index is 0.164. The highest BCUT2D eigenvalue weighted by molar-refractivity contribution is 7.18. The second-order valence-corrected chi connectivity index (χ2v) is 5.81. The first-order valence-electron chi connectivity index (χ1n) is 5.60. The van der Waals surface area contributed by atoms with Crippen LogP contribution in [0.2, 0.25) is 0 Å². The standard InChI is InChI=1S/C11H7N5O3S2/c17-10(13-8-2-1-7(21-8)11(18)19)9-6(3-4-20-9)16-5-12-14-15-16/h1-5H,(H,13,17)(H,18,19). The van der Waals surface area contributed by atoms with Crippen LogP contribution < -0.4 is 5.32 Å². The zero-order chi connectivity index (χ0) is 14.8. The zero-order valence-corrected chi connectivity index (χ0v) is 11.9. The van der Waals surface area contributed by atoms with E-state index in [2.05, 4.69) is 20.8 Å². The SMILES string of the molecule is O=C(O)c1ccc(NC(=O)c2sccc2-n2cnnn2)s1. The van der Waals surface area contributed by atoms with Gasteiger partial charge in [0.15, 0.2) is 0 Å². The Kier molecular flexibility index (Phi) is 3.46. The smallest absolute Gasteiger partial charge is 0.345 e. The Bertz CT molecular complexity index is 793. The Morgan fingerprint density at radius 3 is 2.81 bits per heavy atom. The normalized spacial score (nSPS) is 10.5. The summed E-state index contributed by atoms with van der Waals surface area (Å²) in [5.74, 6) is -1.36. The van der Waals surface area contributed by atoms with Gasteiger partial charge < -0.3 is 10.4 Å². The molecule has 3 heterocycles. The van der Waals surface area contributed by atoms with E-state index in [-0.39, 0.29) is 10.8 Å². The summed E-state index contributed by atoms with van der Waals surface area (Å²) in [6.45, 7) is 0. The van der Waals surface area contributed by atoms with E-state index in [9.17, 15) is 9.59 Å². The molecule has 0 bridgehead atoms. The molecule has 0 fully saturated rings. The van der Waals surface area contributed by atoms with E-state index >= 15 is 0 Å². The molecular weight excluding hydrogens is 314 g/mol. The van der Waals surface area contributed by atoms with Gasteiger partial charge >= 0.3 is 5.97 Å². The lowest BCUT2D eigenvalue weighted by molar-refractivity contribution is 0.0702. The molecule has 106 valence electrons. The Morgan fingerprint density at radius 2 is 2.14 bits per heavy atom. The third kappa shape index (κ3) is 2.66. The maximum absolute atomic E-state index is 12.2. The molecule has 0 unspecified atom stereocenters. The van der Waals surface area contributed by atoms with Crippen LogP contribution in [0.15, 0.2) is 29.9 Å². The lowest BCUT2D eigenvalue weighted by Gasteiger charge is -2.03. The summed E-state index contributed by atoms with van der Waals surface area (Å²) in [5.41, 5.74) is 0.567. The number of rotatable bonds is 4. The van der Waals surface area contributed by atoms with Crippen LogP contribution in [0.3, 0.4) is 0 Å². The number of hydrogen-bond donors (Lipinski definition) is 2. The average molecular weight is 321 g/mol. The molecule has 0 aliphatic rings. The predicted molar refractivity (Wildman–Crippen MR) is 76.3 cm³/mol. The van der Waals surface area contributed by atoms with Crippen molar-refractivity contribution in [2.24, 2.45) is 0 Å². The Morgan fingerprint density at radius 1 is 1.29 bits per heavy atom. The van der Waals surface area contributed by atoms with Crippen molar-refractivity contribution in [1.29, 1.82) is 0 Å². The van der Waals surface area contributed by atoms with Gasteiger partial charge in [0.1, 0.15) is 16.1 Å². The molecule has 0 radical (unpaired) electrons. The molecule has 0 saturated heterocycles. The first-order valence-corrected chi connectivity index (χ1v) is 7.30. The molecule has 10 heteroatoms.